The minimum atomic E-state index is -1.31. The van der Waals surface area contributed by atoms with Crippen LogP contribution in [-0.2, 0) is 47.9 Å². The van der Waals surface area contributed by atoms with Gasteiger partial charge in [0.2, 0.25) is 5.91 Å². The molecule has 1 aromatic heterocycles. The lowest BCUT2D eigenvalue weighted by Crippen LogP contribution is -2.55. The lowest BCUT2D eigenvalue weighted by Gasteiger charge is -2.33. The third-order valence-corrected chi connectivity index (χ3v) is 9.19. The molecule has 3 N–H and O–H groups in total. The fourth-order valence-corrected chi connectivity index (χ4v) is 6.48. The number of aliphatic hydroxyl groups excluding tert-OH is 1. The van der Waals surface area contributed by atoms with E-state index < -0.39 is 59.7 Å². The Balaban J connectivity index is 1.36. The van der Waals surface area contributed by atoms with Crippen LogP contribution in [0, 0.1) is 23.1 Å². The topological polar surface area (TPSA) is 149 Å². The zero-order valence-electron chi connectivity index (χ0n) is 29.4. The van der Waals surface area contributed by atoms with E-state index in [1.807, 2.05) is 36.4 Å². The highest BCUT2D eigenvalue weighted by Crippen LogP contribution is 2.33. The fraction of sp³-hybridized carbons (Fsp3) is 0.474. The monoisotopic (exact) mass is 706 g/mol. The molecule has 3 heterocycles. The van der Waals surface area contributed by atoms with Gasteiger partial charge in [0.25, 0.3) is 0 Å². The van der Waals surface area contributed by atoms with Gasteiger partial charge in [-0.2, -0.15) is 0 Å². The first-order chi connectivity index (χ1) is 24.4. The number of benzene rings is 2. The van der Waals surface area contributed by atoms with Gasteiger partial charge < -0.3 is 29.4 Å². The summed E-state index contributed by atoms with van der Waals surface area (Å²) in [5, 5.41) is 16.0. The van der Waals surface area contributed by atoms with Gasteiger partial charge in [0.15, 0.2) is 6.29 Å². The molecule has 0 aliphatic carbocycles. The van der Waals surface area contributed by atoms with Crippen LogP contribution >= 0.6 is 0 Å². The number of methoxy groups -OCH3 is 1. The number of hydrogen-bond donors (Lipinski definition) is 3. The number of amides is 2. The first-order valence-corrected chi connectivity index (χ1v) is 17.1. The standard InChI is InChI=1S/C38H47FN4O8/c1-38(2,3)33(35(46)48-4)34(45)41-30(19-25-13-11-24(12-14-25)18-26-8-7-16-40-20-26)31(44)22-43(21-27-9-5-6-10-29(27)39)42-37(47)51-32-23-50-36-28(32)15-17-49-36/h5-14,16,20,28,30-33,36,44H,15,17-19,21-23H2,1-4H3,(H,41,45)(H,42,47). The summed E-state index contributed by atoms with van der Waals surface area (Å²) in [6.07, 6.45) is 2.01. The summed E-state index contributed by atoms with van der Waals surface area (Å²) in [4.78, 5) is 43.9. The zero-order chi connectivity index (χ0) is 36.5. The number of hydrogen-bond acceptors (Lipinski definition) is 10. The van der Waals surface area contributed by atoms with E-state index in [0.717, 1.165) is 16.7 Å². The minimum Gasteiger partial charge on any atom is -0.468 e. The van der Waals surface area contributed by atoms with Crippen molar-refractivity contribution >= 4 is 18.0 Å². The first kappa shape index (κ1) is 37.8. The third kappa shape index (κ3) is 10.3. The van der Waals surface area contributed by atoms with E-state index >= 15 is 0 Å². The van der Waals surface area contributed by atoms with Crippen LogP contribution < -0.4 is 10.7 Å². The highest BCUT2D eigenvalue weighted by atomic mass is 19.1. The van der Waals surface area contributed by atoms with Gasteiger partial charge in [-0.05, 0) is 53.5 Å². The molecule has 2 aliphatic rings. The van der Waals surface area contributed by atoms with Crippen molar-refractivity contribution in [3.63, 3.8) is 0 Å². The van der Waals surface area contributed by atoms with Crippen molar-refractivity contribution in [3.05, 3.63) is 101 Å². The molecule has 12 nitrogen and oxygen atoms in total. The smallest absolute Gasteiger partial charge is 0.422 e. The second-order valence-electron chi connectivity index (χ2n) is 14.1. The summed E-state index contributed by atoms with van der Waals surface area (Å²) in [6, 6.07) is 16.8. The Morgan fingerprint density at radius 1 is 1.04 bits per heavy atom. The molecule has 274 valence electrons. The van der Waals surface area contributed by atoms with Gasteiger partial charge in [-0.15, -0.1) is 0 Å². The molecule has 51 heavy (non-hydrogen) atoms. The molecule has 5 rings (SSSR count). The number of pyridine rings is 1. The van der Waals surface area contributed by atoms with Crippen molar-refractivity contribution in [2.75, 3.05) is 26.9 Å². The average Bonchev–Trinajstić information content (AvgIpc) is 3.71. The van der Waals surface area contributed by atoms with Crippen molar-refractivity contribution in [2.45, 2.75) is 71.1 Å². The normalized spacial score (nSPS) is 20.3. The Kier molecular flexibility index (Phi) is 12.7. The second kappa shape index (κ2) is 17.2. The van der Waals surface area contributed by atoms with E-state index in [4.69, 9.17) is 18.9 Å². The molecule has 2 saturated heterocycles. The van der Waals surface area contributed by atoms with E-state index in [1.165, 1.54) is 18.2 Å². The highest BCUT2D eigenvalue weighted by Gasteiger charge is 2.44. The molecule has 2 amide bonds. The number of aromatic nitrogens is 1. The largest absolute Gasteiger partial charge is 0.468 e. The summed E-state index contributed by atoms with van der Waals surface area (Å²) in [7, 11) is 1.22. The maximum absolute atomic E-state index is 14.8. The third-order valence-electron chi connectivity index (χ3n) is 9.19. The SMILES string of the molecule is COC(=O)C(C(=O)NC(Cc1ccc(Cc2cccnc2)cc1)C(O)CN(Cc1ccccc1F)NC(=O)OC1COC2OCCC12)C(C)(C)C. The van der Waals surface area contributed by atoms with E-state index in [1.54, 1.807) is 51.4 Å². The van der Waals surface area contributed by atoms with Gasteiger partial charge in [0, 0.05) is 31.0 Å². The van der Waals surface area contributed by atoms with E-state index in [2.05, 4.69) is 15.7 Å². The van der Waals surface area contributed by atoms with Crippen LogP contribution in [0.4, 0.5) is 9.18 Å². The summed E-state index contributed by atoms with van der Waals surface area (Å²) < 4.78 is 36.6. The first-order valence-electron chi connectivity index (χ1n) is 17.1. The molecular formula is C38H47FN4O8. The van der Waals surface area contributed by atoms with Crippen molar-refractivity contribution in [2.24, 2.45) is 17.3 Å². The summed E-state index contributed by atoms with van der Waals surface area (Å²) >= 11 is 0. The lowest BCUT2D eigenvalue weighted by atomic mass is 9.80. The number of nitrogens with one attached hydrogen (secondary N) is 2. The summed E-state index contributed by atoms with van der Waals surface area (Å²) in [5.74, 6) is -3.08. The van der Waals surface area contributed by atoms with Crippen molar-refractivity contribution in [1.29, 1.82) is 0 Å². The molecule has 6 unspecified atom stereocenters. The molecule has 3 aromatic rings. The van der Waals surface area contributed by atoms with Crippen LogP contribution in [0.1, 0.15) is 49.4 Å². The van der Waals surface area contributed by atoms with Gasteiger partial charge in [-0.25, -0.2) is 14.2 Å². The average molecular weight is 707 g/mol. The molecule has 13 heteroatoms. The number of fused-ring (bicyclic) bond motifs is 1. The Hall–Kier alpha value is -4.43. The predicted molar refractivity (Wildman–Crippen MR) is 184 cm³/mol. The molecule has 0 bridgehead atoms. The van der Waals surface area contributed by atoms with E-state index in [9.17, 15) is 23.9 Å². The summed E-state index contributed by atoms with van der Waals surface area (Å²) in [5.41, 5.74) is 5.05. The van der Waals surface area contributed by atoms with Crippen LogP contribution in [0.5, 0.6) is 0 Å². The second-order valence-corrected chi connectivity index (χ2v) is 14.1. The number of halogens is 1. The van der Waals surface area contributed by atoms with Crippen molar-refractivity contribution in [1.82, 2.24) is 20.7 Å². The molecule has 2 aromatic carbocycles. The minimum absolute atomic E-state index is 0.0951. The molecular weight excluding hydrogens is 659 g/mol. The van der Waals surface area contributed by atoms with Gasteiger partial charge in [-0.3, -0.25) is 20.0 Å². The van der Waals surface area contributed by atoms with E-state index in [-0.39, 0.29) is 37.6 Å². The van der Waals surface area contributed by atoms with Crippen molar-refractivity contribution in [3.8, 4) is 0 Å². The van der Waals surface area contributed by atoms with Crippen molar-refractivity contribution < 1.29 is 42.8 Å². The van der Waals surface area contributed by atoms with E-state index in [0.29, 0.717) is 19.4 Å². The maximum Gasteiger partial charge on any atom is 0.422 e. The van der Waals surface area contributed by atoms with Gasteiger partial charge in [-0.1, -0.05) is 69.3 Å². The van der Waals surface area contributed by atoms with Crippen LogP contribution in [0.15, 0.2) is 73.1 Å². The number of esters is 1. The number of rotatable bonds is 14. The van der Waals surface area contributed by atoms with Gasteiger partial charge in [0.05, 0.1) is 38.4 Å². The quantitative estimate of drug-likeness (QED) is 0.128. The molecule has 0 spiro atoms. The van der Waals surface area contributed by atoms with Crippen LogP contribution in [0.2, 0.25) is 0 Å². The molecule has 6 atom stereocenters. The highest BCUT2D eigenvalue weighted by molar-refractivity contribution is 5.98. The number of carbonyl (C=O) groups is 3. The molecule has 2 fully saturated rings. The summed E-state index contributed by atoms with van der Waals surface area (Å²) in [6.45, 7) is 5.59. The Labute approximate surface area is 297 Å². The maximum atomic E-state index is 14.8. The number of aliphatic hydroxyl groups is 1. The number of nitrogens with zero attached hydrogens (tertiary/aromatic N) is 2. The fourth-order valence-electron chi connectivity index (χ4n) is 6.48. The number of ether oxygens (including phenoxy) is 4. The molecule has 0 radical (unpaired) electrons. The zero-order valence-corrected chi connectivity index (χ0v) is 29.4. The Bertz CT molecular complexity index is 1620. The number of carbonyl (C=O) groups excluding carboxylic acids is 3. The molecule has 2 aliphatic heterocycles. The van der Waals surface area contributed by atoms with Crippen LogP contribution in [0.3, 0.4) is 0 Å². The van der Waals surface area contributed by atoms with Gasteiger partial charge >= 0.3 is 12.1 Å². The van der Waals surface area contributed by atoms with Crippen LogP contribution in [0.25, 0.3) is 0 Å². The Morgan fingerprint density at radius 3 is 2.47 bits per heavy atom. The van der Waals surface area contributed by atoms with Gasteiger partial charge in [0.1, 0.15) is 17.8 Å². The predicted octanol–water partition coefficient (Wildman–Crippen LogP) is 3.94. The molecule has 0 saturated carbocycles. The van der Waals surface area contributed by atoms with Crippen LogP contribution in [-0.4, -0.2) is 84.5 Å². The number of hydrazine groups is 1. The lowest BCUT2D eigenvalue weighted by molar-refractivity contribution is -0.155. The Morgan fingerprint density at radius 2 is 1.78 bits per heavy atom.